The molecule has 0 atom stereocenters. The number of aromatic nitrogens is 1. The predicted octanol–water partition coefficient (Wildman–Crippen LogP) is 5.64. The van der Waals surface area contributed by atoms with Gasteiger partial charge in [0.05, 0.1) is 18.8 Å². The first-order chi connectivity index (χ1) is 16.3. The van der Waals surface area contributed by atoms with Crippen LogP contribution < -0.4 is 14.8 Å². The van der Waals surface area contributed by atoms with Crippen molar-refractivity contribution in [2.75, 3.05) is 33.5 Å². The summed E-state index contributed by atoms with van der Waals surface area (Å²) in [6, 6.07) is 5.90. The van der Waals surface area contributed by atoms with E-state index in [1.54, 1.807) is 25.3 Å². The van der Waals surface area contributed by atoms with Gasteiger partial charge in [0.2, 0.25) is 5.88 Å². The van der Waals surface area contributed by atoms with E-state index in [-0.39, 0.29) is 10.9 Å². The van der Waals surface area contributed by atoms with Gasteiger partial charge in [-0.2, -0.15) is 13.2 Å². The van der Waals surface area contributed by atoms with Gasteiger partial charge in [-0.25, -0.2) is 9.78 Å². The number of hydrogen-bond donors (Lipinski definition) is 1. The first kappa shape index (κ1) is 25.9. The summed E-state index contributed by atoms with van der Waals surface area (Å²) in [5, 5.41) is 2.43. The average molecular weight is 503 g/mol. The molecule has 1 fully saturated rings. The molecule has 2 aromatic rings. The molecule has 0 unspecified atom stereocenters. The van der Waals surface area contributed by atoms with Crippen molar-refractivity contribution in [2.45, 2.75) is 31.9 Å². The van der Waals surface area contributed by atoms with Crippen molar-refractivity contribution < 1.29 is 36.9 Å². The molecule has 3 rings (SSSR count). The highest BCUT2D eigenvalue weighted by Gasteiger charge is 2.32. The number of rotatable bonds is 12. The third-order valence-corrected chi connectivity index (χ3v) is 5.25. The Morgan fingerprint density at radius 3 is 2.71 bits per heavy atom. The van der Waals surface area contributed by atoms with E-state index in [4.69, 9.17) is 30.5 Å². The highest BCUT2D eigenvalue weighted by molar-refractivity contribution is 6.31. The zero-order valence-corrected chi connectivity index (χ0v) is 19.4. The lowest BCUT2D eigenvalue weighted by molar-refractivity contribution is -0.137. The van der Waals surface area contributed by atoms with Gasteiger partial charge in [0.25, 0.3) is 0 Å². The van der Waals surface area contributed by atoms with Crippen molar-refractivity contribution in [1.82, 2.24) is 10.3 Å². The Hall–Kier alpha value is -2.72. The molecule has 34 heavy (non-hydrogen) atoms. The highest BCUT2D eigenvalue weighted by Crippen LogP contribution is 2.36. The van der Waals surface area contributed by atoms with E-state index in [9.17, 15) is 18.0 Å². The van der Waals surface area contributed by atoms with E-state index in [0.29, 0.717) is 62.8 Å². The summed E-state index contributed by atoms with van der Waals surface area (Å²) in [5.41, 5.74) is -0.230. The fraction of sp³-hybridized carbons (Fsp3) is 0.478. The maximum Gasteiger partial charge on any atom is 0.417 e. The number of nitrogens with zero attached hydrogens (tertiary/aromatic N) is 1. The lowest BCUT2D eigenvalue weighted by Gasteiger charge is -2.15. The van der Waals surface area contributed by atoms with E-state index in [1.165, 1.54) is 0 Å². The van der Waals surface area contributed by atoms with Gasteiger partial charge < -0.3 is 24.3 Å². The molecule has 0 radical (unpaired) electrons. The van der Waals surface area contributed by atoms with E-state index >= 15 is 0 Å². The number of carbonyl (C=O) groups excluding carboxylic acids is 1. The number of carbonyl (C=O) groups is 1. The molecule has 0 saturated heterocycles. The molecule has 1 aromatic carbocycles. The molecule has 1 N–H and O–H groups in total. The summed E-state index contributed by atoms with van der Waals surface area (Å²) in [5.74, 6) is 1.15. The molecule has 1 amide bonds. The Balaban J connectivity index is 1.65. The van der Waals surface area contributed by atoms with Gasteiger partial charge in [-0.3, -0.25) is 0 Å². The lowest BCUT2D eigenvalue weighted by atomic mass is 10.1. The predicted molar refractivity (Wildman–Crippen MR) is 119 cm³/mol. The number of aryl methyl sites for hydroxylation is 1. The number of pyridine rings is 1. The zero-order valence-electron chi connectivity index (χ0n) is 18.6. The largest absolute Gasteiger partial charge is 0.491 e. The number of benzene rings is 1. The number of amides is 1. The van der Waals surface area contributed by atoms with Crippen LogP contribution in [-0.2, 0) is 22.1 Å². The SMILES string of the molecule is COCCOc1ccc(CCCNC(=O)OCC2CC2)c(Oc2ncc(C(F)(F)F)cc2Cl)c1. The Kier molecular flexibility index (Phi) is 9.23. The van der Waals surface area contributed by atoms with Gasteiger partial charge in [0.1, 0.15) is 23.1 Å². The summed E-state index contributed by atoms with van der Waals surface area (Å²) in [6.45, 7) is 1.51. The van der Waals surface area contributed by atoms with Crippen LogP contribution in [0.1, 0.15) is 30.4 Å². The highest BCUT2D eigenvalue weighted by atomic mass is 35.5. The molecule has 1 aliphatic rings. The third kappa shape index (κ3) is 8.25. The molecule has 0 bridgehead atoms. The van der Waals surface area contributed by atoms with Crippen LogP contribution >= 0.6 is 11.6 Å². The topological polar surface area (TPSA) is 78.9 Å². The van der Waals surface area contributed by atoms with Crippen molar-refractivity contribution in [2.24, 2.45) is 5.92 Å². The minimum absolute atomic E-state index is 0.160. The molecule has 1 heterocycles. The van der Waals surface area contributed by atoms with Gasteiger partial charge in [-0.1, -0.05) is 17.7 Å². The molecule has 0 spiro atoms. The standard InChI is InChI=1S/C23H26ClF3N2O5/c1-31-9-10-32-18-7-6-16(3-2-8-28-22(30)33-14-15-4-5-15)20(12-18)34-21-19(24)11-17(13-29-21)23(25,26)27/h6-7,11-13,15H,2-5,8-10,14H2,1H3,(H,28,30). The van der Waals surface area contributed by atoms with Crippen LogP contribution in [0.15, 0.2) is 30.5 Å². The summed E-state index contributed by atoms with van der Waals surface area (Å²) in [7, 11) is 1.55. The van der Waals surface area contributed by atoms with Gasteiger partial charge >= 0.3 is 12.3 Å². The van der Waals surface area contributed by atoms with Crippen LogP contribution in [0.25, 0.3) is 0 Å². The van der Waals surface area contributed by atoms with Gasteiger partial charge in [0, 0.05) is 25.9 Å². The van der Waals surface area contributed by atoms with Crippen molar-refractivity contribution in [1.29, 1.82) is 0 Å². The van der Waals surface area contributed by atoms with E-state index in [2.05, 4.69) is 10.3 Å². The Morgan fingerprint density at radius 1 is 1.24 bits per heavy atom. The molecule has 1 aliphatic carbocycles. The van der Waals surface area contributed by atoms with Crippen LogP contribution in [0.4, 0.5) is 18.0 Å². The zero-order chi connectivity index (χ0) is 24.6. The molecule has 186 valence electrons. The molecule has 1 aromatic heterocycles. The molecule has 1 saturated carbocycles. The maximum absolute atomic E-state index is 12.9. The van der Waals surface area contributed by atoms with Gasteiger partial charge in [-0.05, 0) is 49.3 Å². The number of halogens is 4. The monoisotopic (exact) mass is 502 g/mol. The first-order valence-electron chi connectivity index (χ1n) is 10.8. The normalized spacial score (nSPS) is 13.4. The third-order valence-electron chi connectivity index (χ3n) is 4.98. The maximum atomic E-state index is 12.9. The number of nitrogens with one attached hydrogen (secondary N) is 1. The van der Waals surface area contributed by atoms with E-state index in [1.807, 2.05) is 0 Å². The molecule has 0 aliphatic heterocycles. The van der Waals surface area contributed by atoms with Crippen LogP contribution in [0.2, 0.25) is 5.02 Å². The number of hydrogen-bond acceptors (Lipinski definition) is 6. The Bertz CT molecular complexity index is 970. The van der Waals surface area contributed by atoms with E-state index in [0.717, 1.165) is 24.5 Å². The fourth-order valence-corrected chi connectivity index (χ4v) is 3.13. The molecule has 11 heteroatoms. The summed E-state index contributed by atoms with van der Waals surface area (Å²) >= 11 is 6.00. The fourth-order valence-electron chi connectivity index (χ4n) is 2.93. The van der Waals surface area contributed by atoms with Crippen molar-refractivity contribution >= 4 is 17.7 Å². The second kappa shape index (κ2) is 12.1. The Labute approximate surface area is 200 Å². The quantitative estimate of drug-likeness (QED) is 0.378. The smallest absolute Gasteiger partial charge is 0.417 e. The second-order valence-corrected chi connectivity index (χ2v) is 8.20. The minimum Gasteiger partial charge on any atom is -0.491 e. The van der Waals surface area contributed by atoms with Gasteiger partial charge in [-0.15, -0.1) is 0 Å². The molecular weight excluding hydrogens is 477 g/mol. The summed E-state index contributed by atoms with van der Waals surface area (Å²) in [6.07, 6.45) is -1.08. The van der Waals surface area contributed by atoms with E-state index < -0.39 is 17.8 Å². The molecule has 7 nitrogen and oxygen atoms in total. The van der Waals surface area contributed by atoms with Crippen molar-refractivity contribution in [3.8, 4) is 17.4 Å². The minimum atomic E-state index is -4.57. The van der Waals surface area contributed by atoms with Crippen LogP contribution in [0, 0.1) is 5.92 Å². The second-order valence-electron chi connectivity index (χ2n) is 7.79. The Morgan fingerprint density at radius 2 is 2.03 bits per heavy atom. The number of methoxy groups -OCH3 is 1. The lowest BCUT2D eigenvalue weighted by Crippen LogP contribution is -2.26. The number of alkyl halides is 3. The van der Waals surface area contributed by atoms with Gasteiger partial charge in [0.15, 0.2) is 0 Å². The van der Waals surface area contributed by atoms with Crippen molar-refractivity contribution in [3.05, 3.63) is 46.6 Å². The number of ether oxygens (including phenoxy) is 4. The van der Waals surface area contributed by atoms with Crippen LogP contribution in [-0.4, -0.2) is 44.6 Å². The molecular formula is C23H26ClF3N2O5. The van der Waals surface area contributed by atoms with Crippen LogP contribution in [0.3, 0.4) is 0 Å². The number of alkyl carbamates (subject to hydrolysis) is 1. The van der Waals surface area contributed by atoms with Crippen LogP contribution in [0.5, 0.6) is 17.4 Å². The van der Waals surface area contributed by atoms with Crippen molar-refractivity contribution in [3.63, 3.8) is 0 Å². The average Bonchev–Trinajstić information content (AvgIpc) is 3.62. The summed E-state index contributed by atoms with van der Waals surface area (Å²) < 4.78 is 60.2. The summed E-state index contributed by atoms with van der Waals surface area (Å²) in [4.78, 5) is 15.4. The first-order valence-corrected chi connectivity index (χ1v) is 11.2.